The SMILES string of the molecule is C[C@H]1[C@@H]2CC[C@H]([C@H]1C)[C@H](O)C2. The summed E-state index contributed by atoms with van der Waals surface area (Å²) in [5.74, 6) is 3.06. The Morgan fingerprint density at radius 3 is 2.27 bits per heavy atom. The molecular formula is C10H18O. The van der Waals surface area contributed by atoms with Crippen molar-refractivity contribution < 1.29 is 5.11 Å². The summed E-state index contributed by atoms with van der Waals surface area (Å²) in [5, 5.41) is 9.69. The van der Waals surface area contributed by atoms with Crippen molar-refractivity contribution in [1.82, 2.24) is 0 Å². The van der Waals surface area contributed by atoms with Gasteiger partial charge in [0.15, 0.2) is 0 Å². The molecule has 0 radical (unpaired) electrons. The molecule has 0 aromatic carbocycles. The van der Waals surface area contributed by atoms with Crippen LogP contribution < -0.4 is 0 Å². The largest absolute Gasteiger partial charge is 0.393 e. The summed E-state index contributed by atoms with van der Waals surface area (Å²) in [4.78, 5) is 0. The highest BCUT2D eigenvalue weighted by Crippen LogP contribution is 2.48. The predicted octanol–water partition coefficient (Wildman–Crippen LogP) is 2.05. The number of hydrogen-bond acceptors (Lipinski definition) is 1. The molecule has 3 aliphatic rings. The standard InChI is InChI=1S/C10H18O/c1-6-7(2)9-4-3-8(6)5-10(9)11/h6-11H,3-5H2,1-2H3/t6-,7+,8-,9-,10-/m1/s1. The van der Waals surface area contributed by atoms with Crippen LogP contribution in [-0.4, -0.2) is 11.2 Å². The molecule has 5 atom stereocenters. The second-order valence-electron chi connectivity index (χ2n) is 4.52. The zero-order valence-corrected chi connectivity index (χ0v) is 7.46. The van der Waals surface area contributed by atoms with Gasteiger partial charge in [-0.3, -0.25) is 0 Å². The van der Waals surface area contributed by atoms with Crippen LogP contribution in [-0.2, 0) is 0 Å². The van der Waals surface area contributed by atoms with Crippen molar-refractivity contribution in [2.24, 2.45) is 23.7 Å². The molecule has 3 saturated carbocycles. The van der Waals surface area contributed by atoms with Gasteiger partial charge in [-0.25, -0.2) is 0 Å². The molecule has 0 saturated heterocycles. The van der Waals surface area contributed by atoms with Crippen molar-refractivity contribution in [3.05, 3.63) is 0 Å². The van der Waals surface area contributed by atoms with Gasteiger partial charge < -0.3 is 5.11 Å². The van der Waals surface area contributed by atoms with Gasteiger partial charge in [0.25, 0.3) is 0 Å². The smallest absolute Gasteiger partial charge is 0.0573 e. The number of hydrogen-bond donors (Lipinski definition) is 1. The van der Waals surface area contributed by atoms with Crippen LogP contribution in [0.15, 0.2) is 0 Å². The summed E-state index contributed by atoms with van der Waals surface area (Å²) in [6.45, 7) is 4.66. The van der Waals surface area contributed by atoms with Gasteiger partial charge in [0.05, 0.1) is 6.10 Å². The second-order valence-corrected chi connectivity index (χ2v) is 4.52. The number of fused-ring (bicyclic) bond motifs is 3. The first-order chi connectivity index (χ1) is 5.20. The van der Waals surface area contributed by atoms with Crippen LogP contribution in [0.2, 0.25) is 0 Å². The third-order valence-electron chi connectivity index (χ3n) is 4.16. The number of aliphatic hydroxyl groups is 1. The summed E-state index contributed by atoms with van der Waals surface area (Å²) < 4.78 is 0. The molecule has 3 aliphatic carbocycles. The van der Waals surface area contributed by atoms with E-state index in [1.54, 1.807) is 0 Å². The fraction of sp³-hybridized carbons (Fsp3) is 1.00. The first-order valence-electron chi connectivity index (χ1n) is 4.88. The maximum atomic E-state index is 9.69. The van der Waals surface area contributed by atoms with Gasteiger partial charge in [-0.1, -0.05) is 13.8 Å². The Morgan fingerprint density at radius 2 is 1.82 bits per heavy atom. The average molecular weight is 154 g/mol. The van der Waals surface area contributed by atoms with Crippen molar-refractivity contribution in [2.45, 2.75) is 39.2 Å². The average Bonchev–Trinajstić information content (AvgIpc) is 1.99. The van der Waals surface area contributed by atoms with Gasteiger partial charge in [-0.15, -0.1) is 0 Å². The van der Waals surface area contributed by atoms with Crippen LogP contribution in [0.5, 0.6) is 0 Å². The minimum Gasteiger partial charge on any atom is -0.393 e. The minimum absolute atomic E-state index is 0.0277. The van der Waals surface area contributed by atoms with E-state index in [1.165, 1.54) is 12.8 Å². The molecule has 3 rings (SSSR count). The van der Waals surface area contributed by atoms with Crippen LogP contribution in [0.1, 0.15) is 33.1 Å². The zero-order valence-electron chi connectivity index (χ0n) is 7.46. The van der Waals surface area contributed by atoms with Gasteiger partial charge in [0.2, 0.25) is 0 Å². The highest BCUT2D eigenvalue weighted by molar-refractivity contribution is 4.93. The highest BCUT2D eigenvalue weighted by Gasteiger charge is 2.43. The van der Waals surface area contributed by atoms with Crippen molar-refractivity contribution in [1.29, 1.82) is 0 Å². The lowest BCUT2D eigenvalue weighted by Gasteiger charge is -2.48. The lowest BCUT2D eigenvalue weighted by atomic mass is 9.58. The normalized spacial score (nSPS) is 56.5. The molecule has 2 bridgehead atoms. The van der Waals surface area contributed by atoms with Crippen LogP contribution >= 0.6 is 0 Å². The lowest BCUT2D eigenvalue weighted by molar-refractivity contribution is -0.0640. The molecule has 1 heteroatoms. The Balaban J connectivity index is 2.16. The first kappa shape index (κ1) is 7.60. The third kappa shape index (κ3) is 1.01. The van der Waals surface area contributed by atoms with Crippen LogP contribution in [0.3, 0.4) is 0 Å². The maximum Gasteiger partial charge on any atom is 0.0573 e. The van der Waals surface area contributed by atoms with Crippen LogP contribution in [0.4, 0.5) is 0 Å². The van der Waals surface area contributed by atoms with E-state index >= 15 is 0 Å². The van der Waals surface area contributed by atoms with E-state index in [4.69, 9.17) is 0 Å². The Hall–Kier alpha value is -0.0400. The molecule has 0 aromatic rings. The monoisotopic (exact) mass is 154 g/mol. The van der Waals surface area contributed by atoms with E-state index in [0.29, 0.717) is 5.92 Å². The van der Waals surface area contributed by atoms with E-state index in [-0.39, 0.29) is 6.10 Å². The molecule has 0 aliphatic heterocycles. The molecule has 3 fully saturated rings. The molecule has 0 aromatic heterocycles. The van der Waals surface area contributed by atoms with Gasteiger partial charge in [-0.05, 0) is 42.9 Å². The molecule has 1 N–H and O–H groups in total. The Bertz CT molecular complexity index is 153. The molecule has 1 nitrogen and oxygen atoms in total. The van der Waals surface area contributed by atoms with E-state index < -0.39 is 0 Å². The molecule has 0 heterocycles. The summed E-state index contributed by atoms with van der Waals surface area (Å²) in [5.41, 5.74) is 0. The van der Waals surface area contributed by atoms with Crippen molar-refractivity contribution in [3.8, 4) is 0 Å². The van der Waals surface area contributed by atoms with Gasteiger partial charge in [0, 0.05) is 0 Å². The number of rotatable bonds is 0. The van der Waals surface area contributed by atoms with Crippen molar-refractivity contribution >= 4 is 0 Å². The van der Waals surface area contributed by atoms with E-state index in [0.717, 1.165) is 24.2 Å². The molecular weight excluding hydrogens is 136 g/mol. The van der Waals surface area contributed by atoms with Crippen LogP contribution in [0.25, 0.3) is 0 Å². The number of aliphatic hydroxyl groups excluding tert-OH is 1. The minimum atomic E-state index is 0.0277. The van der Waals surface area contributed by atoms with Gasteiger partial charge in [-0.2, -0.15) is 0 Å². The first-order valence-corrected chi connectivity index (χ1v) is 4.88. The zero-order chi connectivity index (χ0) is 8.01. The van der Waals surface area contributed by atoms with E-state index in [9.17, 15) is 5.11 Å². The van der Waals surface area contributed by atoms with E-state index in [1.807, 2.05) is 0 Å². The topological polar surface area (TPSA) is 20.2 Å². The van der Waals surface area contributed by atoms with Crippen molar-refractivity contribution in [2.75, 3.05) is 0 Å². The summed E-state index contributed by atoms with van der Waals surface area (Å²) in [6.07, 6.45) is 3.75. The molecule has 64 valence electrons. The molecule has 0 spiro atoms. The highest BCUT2D eigenvalue weighted by atomic mass is 16.3. The van der Waals surface area contributed by atoms with Gasteiger partial charge in [0.1, 0.15) is 0 Å². The Labute approximate surface area is 68.8 Å². The summed E-state index contributed by atoms with van der Waals surface area (Å²) in [6, 6.07) is 0. The second kappa shape index (κ2) is 2.48. The lowest BCUT2D eigenvalue weighted by Crippen LogP contribution is -2.45. The Morgan fingerprint density at radius 1 is 1.09 bits per heavy atom. The molecule has 0 unspecified atom stereocenters. The third-order valence-corrected chi connectivity index (χ3v) is 4.16. The summed E-state index contributed by atoms with van der Waals surface area (Å²) >= 11 is 0. The predicted molar refractivity (Wildman–Crippen MR) is 45.2 cm³/mol. The summed E-state index contributed by atoms with van der Waals surface area (Å²) in [7, 11) is 0. The van der Waals surface area contributed by atoms with Crippen LogP contribution in [0, 0.1) is 23.7 Å². The fourth-order valence-corrected chi connectivity index (χ4v) is 3.11. The maximum absolute atomic E-state index is 9.69. The van der Waals surface area contributed by atoms with E-state index in [2.05, 4.69) is 13.8 Å². The van der Waals surface area contributed by atoms with Crippen molar-refractivity contribution in [3.63, 3.8) is 0 Å². The fourth-order valence-electron chi connectivity index (χ4n) is 3.11. The molecule has 11 heavy (non-hydrogen) atoms. The molecule has 0 amide bonds. The quantitative estimate of drug-likeness (QED) is 0.566. The van der Waals surface area contributed by atoms with Gasteiger partial charge >= 0.3 is 0 Å². The Kier molecular flexibility index (Phi) is 1.71.